The van der Waals surface area contributed by atoms with Gasteiger partial charge in [0, 0.05) is 26.4 Å². The van der Waals surface area contributed by atoms with Gasteiger partial charge in [0.25, 0.3) is 5.84 Å². The molecule has 1 aliphatic heterocycles. The van der Waals surface area contributed by atoms with Gasteiger partial charge < -0.3 is 24.9 Å². The Bertz CT molecular complexity index is 1100. The molecule has 2 atom stereocenters. The lowest BCUT2D eigenvalue weighted by atomic mass is 9.92. The van der Waals surface area contributed by atoms with Crippen LogP contribution in [-0.4, -0.2) is 58.6 Å². The fourth-order valence-corrected chi connectivity index (χ4v) is 4.85. The molecule has 0 spiro atoms. The number of thiophene rings is 1. The van der Waals surface area contributed by atoms with E-state index in [1.54, 1.807) is 24.2 Å². The second-order valence-corrected chi connectivity index (χ2v) is 11.4. The highest BCUT2D eigenvalue weighted by Crippen LogP contribution is 2.32. The Hall–Kier alpha value is -2.49. The van der Waals surface area contributed by atoms with Crippen molar-refractivity contribution >= 4 is 47.9 Å². The summed E-state index contributed by atoms with van der Waals surface area (Å²) >= 11 is 1.43. The minimum absolute atomic E-state index is 0.0254. The number of benzene rings is 1. The molecule has 0 bridgehead atoms. The van der Waals surface area contributed by atoms with Gasteiger partial charge in [0.15, 0.2) is 12.0 Å². The topological polar surface area (TPSA) is 138 Å². The van der Waals surface area contributed by atoms with Crippen LogP contribution in [0.1, 0.15) is 32.1 Å². The smallest absolute Gasteiger partial charge is 0.282 e. The molecule has 7 N–H and O–H groups in total. The maximum atomic E-state index is 11.2. The molecule has 0 fully saturated rings. The zero-order valence-corrected chi connectivity index (χ0v) is 21.7. The summed E-state index contributed by atoms with van der Waals surface area (Å²) < 4.78 is 5.16. The third-order valence-corrected chi connectivity index (χ3v) is 7.32. The molecular weight excluding hydrogens is 473 g/mol. The first-order chi connectivity index (χ1) is 16.1. The van der Waals surface area contributed by atoms with Crippen molar-refractivity contribution in [1.29, 1.82) is 0 Å². The summed E-state index contributed by atoms with van der Waals surface area (Å²) in [4.78, 5) is 14.2. The number of anilines is 1. The lowest BCUT2D eigenvalue weighted by Gasteiger charge is -2.32. The first kappa shape index (κ1) is 26.1. The van der Waals surface area contributed by atoms with Crippen molar-refractivity contribution in [3.8, 4) is 0 Å². The number of rotatable bonds is 8. The largest absolute Gasteiger partial charge is 0.505 e. The summed E-state index contributed by atoms with van der Waals surface area (Å²) in [5.74, 6) is -0.147. The van der Waals surface area contributed by atoms with E-state index in [2.05, 4.69) is 36.2 Å². The molecule has 34 heavy (non-hydrogen) atoms. The van der Waals surface area contributed by atoms with E-state index >= 15 is 0 Å². The summed E-state index contributed by atoms with van der Waals surface area (Å²) in [6.45, 7) is 6.81. The number of hydrogen-bond acceptors (Lipinski definition) is 8. The lowest BCUT2D eigenvalue weighted by molar-refractivity contribution is -0.353. The highest BCUT2D eigenvalue weighted by atomic mass is 32.1. The van der Waals surface area contributed by atoms with E-state index in [4.69, 9.17) is 10.3 Å². The van der Waals surface area contributed by atoms with Crippen LogP contribution in [0.5, 0.6) is 0 Å². The predicted octanol–water partition coefficient (Wildman–Crippen LogP) is 1.72. The van der Waals surface area contributed by atoms with Crippen LogP contribution in [0.15, 0.2) is 52.1 Å². The zero-order valence-electron chi connectivity index (χ0n) is 20.0. The summed E-state index contributed by atoms with van der Waals surface area (Å²) in [5, 5.41) is 33.8. The number of nitrogens with zero attached hydrogens (tertiary/aromatic N) is 2. The van der Waals surface area contributed by atoms with Gasteiger partial charge in [-0.1, -0.05) is 26.8 Å². The number of nitrogens with two attached hydrogens (primary N) is 1. The van der Waals surface area contributed by atoms with Crippen molar-refractivity contribution in [2.45, 2.75) is 33.4 Å². The monoisotopic (exact) mass is 506 g/mol. The molecule has 1 aromatic carbocycles. The molecule has 9 nitrogen and oxygen atoms in total. The molecular formula is C23H33N5O4PS+. The van der Waals surface area contributed by atoms with E-state index < -0.39 is 14.6 Å². The van der Waals surface area contributed by atoms with Crippen molar-refractivity contribution in [3.63, 3.8) is 0 Å². The second-order valence-electron chi connectivity index (χ2n) is 9.01. The van der Waals surface area contributed by atoms with Crippen molar-refractivity contribution in [3.05, 3.63) is 51.9 Å². The van der Waals surface area contributed by atoms with Gasteiger partial charge >= 0.3 is 0 Å². The number of allylic oxidation sites excluding steroid dienone is 1. The standard InChI is InChI=1S/C23H32N5O4PS/c1-23(2,3)10-11-28-22(30)18(20(29)19(27-28)17-7-6-12-34-17)21(24)26-15-9-8-14(25-4)13-16(15)33(31)32-5/h6-9,12-13,22,25,29-31H,10-11H2,1-5H3,(H2,24,26)/p+1. The summed E-state index contributed by atoms with van der Waals surface area (Å²) in [6.07, 6.45) is -0.484. The molecule has 2 unspecified atom stereocenters. The Morgan fingerprint density at radius 2 is 2.09 bits per heavy atom. The van der Waals surface area contributed by atoms with Crippen LogP contribution in [-0.2, 0) is 4.52 Å². The number of hydrogen-bond donors (Lipinski definition) is 6. The number of aliphatic hydroxyl groups is 2. The highest BCUT2D eigenvalue weighted by Gasteiger charge is 2.36. The van der Waals surface area contributed by atoms with E-state index in [1.165, 1.54) is 18.4 Å². The second kappa shape index (κ2) is 10.8. The van der Waals surface area contributed by atoms with Crippen molar-refractivity contribution in [1.82, 2.24) is 5.01 Å². The number of hydrazone groups is 1. The zero-order chi connectivity index (χ0) is 25.0. The first-order valence-corrected chi connectivity index (χ1v) is 12.9. The molecule has 11 heteroatoms. The summed E-state index contributed by atoms with van der Waals surface area (Å²) in [6, 6.07) is 9.04. The Morgan fingerprint density at radius 1 is 1.35 bits per heavy atom. The Labute approximate surface area is 205 Å². The maximum absolute atomic E-state index is 11.2. The van der Waals surface area contributed by atoms with E-state index in [0.717, 1.165) is 17.0 Å². The van der Waals surface area contributed by atoms with Gasteiger partial charge in [-0.15, -0.1) is 11.3 Å². The Balaban J connectivity index is 2.08. The maximum Gasteiger partial charge on any atom is 0.282 e. The number of aliphatic hydroxyl groups excluding tert-OH is 2. The molecule has 1 aliphatic rings. The van der Waals surface area contributed by atoms with Gasteiger partial charge in [-0.3, -0.25) is 10.7 Å². The fraction of sp³-hybridized carbons (Fsp3) is 0.391. The number of amidine groups is 1. The van der Waals surface area contributed by atoms with Gasteiger partial charge in [-0.25, -0.2) is 4.99 Å². The van der Waals surface area contributed by atoms with Gasteiger partial charge in [-0.2, -0.15) is 5.10 Å². The van der Waals surface area contributed by atoms with Crippen LogP contribution in [0, 0.1) is 5.41 Å². The quantitative estimate of drug-likeness (QED) is 0.182. The molecule has 0 aliphatic carbocycles. The molecule has 3 rings (SSSR count). The predicted molar refractivity (Wildman–Crippen MR) is 139 cm³/mol. The van der Waals surface area contributed by atoms with E-state index in [1.807, 2.05) is 23.6 Å². The highest BCUT2D eigenvalue weighted by molar-refractivity contribution is 7.55. The Morgan fingerprint density at radius 3 is 2.68 bits per heavy atom. The lowest BCUT2D eigenvalue weighted by Crippen LogP contribution is -2.72. The van der Waals surface area contributed by atoms with Crippen LogP contribution in [0.2, 0.25) is 0 Å². The fourth-order valence-electron chi connectivity index (χ4n) is 3.36. The number of nitrogens with one attached hydrogen (secondary N) is 2. The van der Waals surface area contributed by atoms with Crippen molar-refractivity contribution in [2.24, 2.45) is 16.3 Å². The third-order valence-electron chi connectivity index (χ3n) is 5.32. The summed E-state index contributed by atoms with van der Waals surface area (Å²) in [5.41, 5.74) is 8.21. The van der Waals surface area contributed by atoms with Crippen LogP contribution in [0.4, 0.5) is 11.4 Å². The van der Waals surface area contributed by atoms with E-state index in [9.17, 15) is 15.1 Å². The normalized spacial score (nSPS) is 18.2. The molecule has 0 radical (unpaired) electrons. The average Bonchev–Trinajstić information content (AvgIpc) is 3.32. The minimum atomic E-state index is -1.90. The molecule has 184 valence electrons. The average molecular weight is 507 g/mol. The molecule has 1 aromatic heterocycles. The molecule has 0 saturated carbocycles. The van der Waals surface area contributed by atoms with Crippen LogP contribution in [0.25, 0.3) is 0 Å². The summed E-state index contributed by atoms with van der Waals surface area (Å²) in [7, 11) is 1.30. The van der Waals surface area contributed by atoms with Crippen molar-refractivity contribution < 1.29 is 24.6 Å². The molecule has 0 amide bonds. The minimum Gasteiger partial charge on any atom is -0.505 e. The third kappa shape index (κ3) is 5.95. The van der Waals surface area contributed by atoms with Gasteiger partial charge in [0.2, 0.25) is 8.38 Å². The van der Waals surface area contributed by atoms with Gasteiger partial charge in [-0.05, 0) is 41.5 Å². The molecule has 2 heterocycles. The molecule has 2 aromatic rings. The molecule has 0 saturated heterocycles. The van der Waals surface area contributed by atoms with Crippen LogP contribution in [0.3, 0.4) is 0 Å². The van der Waals surface area contributed by atoms with Crippen LogP contribution >= 0.6 is 19.7 Å². The first-order valence-electron chi connectivity index (χ1n) is 10.8. The van der Waals surface area contributed by atoms with Gasteiger partial charge in [0.1, 0.15) is 17.0 Å². The van der Waals surface area contributed by atoms with Crippen molar-refractivity contribution in [2.75, 3.05) is 26.0 Å². The SMILES string of the molecule is CNc1ccc([NH+]=C(N)C2=C(O)C(c3cccs3)=NN(CCC(C)(C)C)C2O)c(P(O)OC)c1. The van der Waals surface area contributed by atoms with E-state index in [0.29, 0.717) is 23.2 Å². The van der Waals surface area contributed by atoms with Crippen LogP contribution < -0.4 is 21.3 Å². The van der Waals surface area contributed by atoms with Gasteiger partial charge in [0.05, 0.1) is 10.2 Å². The van der Waals surface area contributed by atoms with E-state index in [-0.39, 0.29) is 22.6 Å². The Kier molecular flexibility index (Phi) is 8.33.